The predicted molar refractivity (Wildman–Crippen MR) is 53.8 cm³/mol. The molecule has 0 radical (unpaired) electrons. The van der Waals surface area contributed by atoms with Crippen LogP contribution in [0.25, 0.3) is 10.9 Å². The molecule has 0 bridgehead atoms. The Morgan fingerprint density at radius 3 is 3.00 bits per heavy atom. The number of aromatic nitrogens is 2. The van der Waals surface area contributed by atoms with Crippen LogP contribution in [0.3, 0.4) is 0 Å². The van der Waals surface area contributed by atoms with E-state index in [2.05, 4.69) is 21.0 Å². The Hall–Kier alpha value is -1.16. The quantitative estimate of drug-likeness (QED) is 0.714. The van der Waals surface area contributed by atoms with Crippen molar-refractivity contribution in [2.75, 3.05) is 0 Å². The molecule has 1 aromatic heterocycles. The summed E-state index contributed by atoms with van der Waals surface area (Å²) in [6.45, 7) is 0. The summed E-state index contributed by atoms with van der Waals surface area (Å²) in [7, 11) is 1.84. The first-order valence-corrected chi connectivity index (χ1v) is 4.58. The second-order valence-corrected chi connectivity index (χ2v) is 3.67. The van der Waals surface area contributed by atoms with Gasteiger partial charge >= 0.3 is 0 Å². The molecular formula is C9H7BrN2O. The van der Waals surface area contributed by atoms with Crippen LogP contribution in [0.2, 0.25) is 0 Å². The fourth-order valence-corrected chi connectivity index (χ4v) is 1.77. The van der Waals surface area contributed by atoms with Gasteiger partial charge in [-0.2, -0.15) is 5.10 Å². The first-order valence-electron chi connectivity index (χ1n) is 3.79. The highest BCUT2D eigenvalue weighted by Crippen LogP contribution is 2.23. The lowest BCUT2D eigenvalue weighted by atomic mass is 10.1. The summed E-state index contributed by atoms with van der Waals surface area (Å²) in [5, 5.41) is 5.08. The summed E-state index contributed by atoms with van der Waals surface area (Å²) in [4.78, 5) is 10.8. The molecule has 0 saturated carbocycles. The minimum Gasteiger partial charge on any atom is -0.298 e. The summed E-state index contributed by atoms with van der Waals surface area (Å²) in [5.41, 5.74) is 1.50. The summed E-state index contributed by atoms with van der Waals surface area (Å²) < 4.78 is 2.51. The predicted octanol–water partition coefficient (Wildman–Crippen LogP) is 2.15. The third kappa shape index (κ3) is 1.27. The van der Waals surface area contributed by atoms with Crippen LogP contribution in [0, 0.1) is 0 Å². The molecule has 2 rings (SSSR count). The molecule has 3 nitrogen and oxygen atoms in total. The lowest BCUT2D eigenvalue weighted by Gasteiger charge is -1.95. The van der Waals surface area contributed by atoms with Crippen molar-refractivity contribution in [1.82, 2.24) is 9.78 Å². The lowest BCUT2D eigenvalue weighted by Crippen LogP contribution is -1.84. The van der Waals surface area contributed by atoms with Gasteiger partial charge in [0.1, 0.15) is 0 Å². The number of hydrogen-bond donors (Lipinski definition) is 0. The highest BCUT2D eigenvalue weighted by Gasteiger charge is 2.06. The van der Waals surface area contributed by atoms with Crippen molar-refractivity contribution in [2.24, 2.45) is 7.05 Å². The molecule has 0 fully saturated rings. The van der Waals surface area contributed by atoms with Gasteiger partial charge in [0, 0.05) is 28.7 Å². The highest BCUT2D eigenvalue weighted by atomic mass is 79.9. The third-order valence-electron chi connectivity index (χ3n) is 1.91. The maximum atomic E-state index is 10.8. The first kappa shape index (κ1) is 8.44. The van der Waals surface area contributed by atoms with E-state index in [4.69, 9.17) is 0 Å². The van der Waals surface area contributed by atoms with E-state index in [-0.39, 0.29) is 0 Å². The number of hydrogen-bond acceptors (Lipinski definition) is 2. The van der Waals surface area contributed by atoms with Gasteiger partial charge in [-0.3, -0.25) is 9.48 Å². The van der Waals surface area contributed by atoms with E-state index in [1.807, 2.05) is 25.4 Å². The number of fused-ring (bicyclic) bond motifs is 1. The van der Waals surface area contributed by atoms with Crippen molar-refractivity contribution in [2.45, 2.75) is 0 Å². The van der Waals surface area contributed by atoms with Crippen LogP contribution in [-0.2, 0) is 7.05 Å². The fraction of sp³-hybridized carbons (Fsp3) is 0.111. The smallest absolute Gasteiger partial charge is 0.151 e. The zero-order chi connectivity index (χ0) is 9.42. The van der Waals surface area contributed by atoms with Crippen molar-refractivity contribution in [1.29, 1.82) is 0 Å². The molecule has 0 aliphatic rings. The Bertz CT molecular complexity index is 476. The van der Waals surface area contributed by atoms with Gasteiger partial charge in [-0.15, -0.1) is 0 Å². The number of halogens is 1. The SMILES string of the molecule is Cn1cc2c(C=O)c(Br)ccc2n1. The maximum absolute atomic E-state index is 10.8. The number of aldehydes is 1. The third-order valence-corrected chi connectivity index (χ3v) is 2.60. The Kier molecular flexibility index (Phi) is 1.92. The summed E-state index contributed by atoms with van der Waals surface area (Å²) >= 11 is 3.32. The Labute approximate surface area is 83.5 Å². The van der Waals surface area contributed by atoms with Crippen molar-refractivity contribution in [3.05, 3.63) is 28.4 Å². The monoisotopic (exact) mass is 238 g/mol. The highest BCUT2D eigenvalue weighted by molar-refractivity contribution is 9.10. The fourth-order valence-electron chi connectivity index (χ4n) is 1.33. The number of carbonyl (C=O) groups excluding carboxylic acids is 1. The first-order chi connectivity index (χ1) is 6.22. The van der Waals surface area contributed by atoms with E-state index < -0.39 is 0 Å². The van der Waals surface area contributed by atoms with Crippen LogP contribution in [0.5, 0.6) is 0 Å². The maximum Gasteiger partial charge on any atom is 0.151 e. The molecule has 66 valence electrons. The number of nitrogens with zero attached hydrogens (tertiary/aromatic N) is 2. The van der Waals surface area contributed by atoms with Crippen LogP contribution in [0.1, 0.15) is 10.4 Å². The van der Waals surface area contributed by atoms with Gasteiger partial charge in [-0.25, -0.2) is 0 Å². The number of rotatable bonds is 1. The minimum atomic E-state index is 0.658. The van der Waals surface area contributed by atoms with Gasteiger partial charge in [0.25, 0.3) is 0 Å². The Morgan fingerprint density at radius 2 is 2.31 bits per heavy atom. The average Bonchev–Trinajstić information content (AvgIpc) is 2.45. The zero-order valence-corrected chi connectivity index (χ0v) is 8.58. The topological polar surface area (TPSA) is 34.9 Å². The van der Waals surface area contributed by atoms with E-state index in [1.165, 1.54) is 0 Å². The Balaban J connectivity index is 2.90. The molecule has 1 aromatic carbocycles. The molecule has 1 heterocycles. The van der Waals surface area contributed by atoms with E-state index in [0.29, 0.717) is 5.56 Å². The van der Waals surface area contributed by atoms with Gasteiger partial charge in [0.05, 0.1) is 5.52 Å². The zero-order valence-electron chi connectivity index (χ0n) is 6.99. The second kappa shape index (κ2) is 2.96. The van der Waals surface area contributed by atoms with E-state index >= 15 is 0 Å². The van der Waals surface area contributed by atoms with Gasteiger partial charge in [0.2, 0.25) is 0 Å². The molecule has 4 heteroatoms. The van der Waals surface area contributed by atoms with E-state index in [0.717, 1.165) is 21.7 Å². The summed E-state index contributed by atoms with van der Waals surface area (Å²) in [5.74, 6) is 0. The van der Waals surface area contributed by atoms with Gasteiger partial charge in [0.15, 0.2) is 6.29 Å². The van der Waals surface area contributed by atoms with Crippen LogP contribution >= 0.6 is 15.9 Å². The molecule has 2 aromatic rings. The summed E-state index contributed by atoms with van der Waals surface area (Å²) in [6.07, 6.45) is 2.68. The number of benzene rings is 1. The van der Waals surface area contributed by atoms with Crippen LogP contribution < -0.4 is 0 Å². The van der Waals surface area contributed by atoms with Crippen molar-refractivity contribution in [3.63, 3.8) is 0 Å². The summed E-state index contributed by atoms with van der Waals surface area (Å²) in [6, 6.07) is 3.71. The molecule has 0 saturated heterocycles. The second-order valence-electron chi connectivity index (χ2n) is 2.81. The van der Waals surface area contributed by atoms with Gasteiger partial charge < -0.3 is 0 Å². The minimum absolute atomic E-state index is 0.658. The van der Waals surface area contributed by atoms with Gasteiger partial charge in [-0.1, -0.05) is 15.9 Å². The number of carbonyl (C=O) groups is 1. The standard InChI is InChI=1S/C9H7BrN2O/c1-12-4-6-7(5-13)8(10)2-3-9(6)11-12/h2-5H,1H3. The largest absolute Gasteiger partial charge is 0.298 e. The molecule has 0 N–H and O–H groups in total. The molecule has 0 spiro atoms. The normalized spacial score (nSPS) is 10.6. The molecule has 0 amide bonds. The van der Waals surface area contributed by atoms with Gasteiger partial charge in [-0.05, 0) is 12.1 Å². The van der Waals surface area contributed by atoms with Crippen LogP contribution in [-0.4, -0.2) is 16.1 Å². The number of aryl methyl sites for hydroxylation is 1. The molecule has 0 aliphatic carbocycles. The van der Waals surface area contributed by atoms with Crippen molar-refractivity contribution >= 4 is 33.1 Å². The van der Waals surface area contributed by atoms with E-state index in [1.54, 1.807) is 4.68 Å². The molecule has 0 atom stereocenters. The van der Waals surface area contributed by atoms with Crippen molar-refractivity contribution < 1.29 is 4.79 Å². The molecule has 0 aliphatic heterocycles. The average molecular weight is 239 g/mol. The lowest BCUT2D eigenvalue weighted by molar-refractivity contribution is 0.112. The van der Waals surface area contributed by atoms with Crippen LogP contribution in [0.15, 0.2) is 22.8 Å². The van der Waals surface area contributed by atoms with E-state index in [9.17, 15) is 4.79 Å². The molecular weight excluding hydrogens is 232 g/mol. The van der Waals surface area contributed by atoms with Crippen LogP contribution in [0.4, 0.5) is 0 Å². The molecule has 13 heavy (non-hydrogen) atoms. The Morgan fingerprint density at radius 1 is 1.54 bits per heavy atom. The molecule has 0 unspecified atom stereocenters. The van der Waals surface area contributed by atoms with Crippen molar-refractivity contribution in [3.8, 4) is 0 Å².